The number of carbonyl (C=O) groups is 3. The number of rotatable bonds is 5. The molecule has 3 rings (SSSR count). The Morgan fingerprint density at radius 1 is 1.27 bits per heavy atom. The molecule has 0 aliphatic carbocycles. The van der Waals surface area contributed by atoms with Crippen molar-refractivity contribution in [2.75, 3.05) is 13.1 Å². The van der Waals surface area contributed by atoms with Gasteiger partial charge >= 0.3 is 12.1 Å². The Bertz CT molecular complexity index is 677. The number of hydrogen-bond acceptors (Lipinski definition) is 6. The zero-order valence-corrected chi connectivity index (χ0v) is 15.2. The van der Waals surface area contributed by atoms with Gasteiger partial charge in [0.05, 0.1) is 6.04 Å². The van der Waals surface area contributed by atoms with E-state index in [1.165, 1.54) is 4.90 Å². The lowest BCUT2D eigenvalue weighted by molar-refractivity contribution is -0.143. The van der Waals surface area contributed by atoms with Crippen LogP contribution in [0.1, 0.15) is 31.2 Å². The lowest BCUT2D eigenvalue weighted by Gasteiger charge is -2.33. The van der Waals surface area contributed by atoms with E-state index >= 15 is 0 Å². The van der Waals surface area contributed by atoms with Gasteiger partial charge in [-0.25, -0.2) is 9.59 Å². The van der Waals surface area contributed by atoms with Crippen molar-refractivity contribution < 1.29 is 24.2 Å². The smallest absolute Gasteiger partial charge is 0.411 e. The Morgan fingerprint density at radius 2 is 2.04 bits per heavy atom. The number of likely N-dealkylation sites (tertiary alicyclic amines) is 1. The molecule has 0 bridgehead atoms. The first-order valence-electron chi connectivity index (χ1n) is 8.71. The van der Waals surface area contributed by atoms with Crippen molar-refractivity contribution in [1.29, 1.82) is 0 Å². The first-order valence-corrected chi connectivity index (χ1v) is 9.52. The molecule has 2 N–H and O–H groups in total. The quantitative estimate of drug-likeness (QED) is 0.811. The number of nitrogens with one attached hydrogen (secondary N) is 1. The van der Waals surface area contributed by atoms with E-state index in [2.05, 4.69) is 5.32 Å². The molecule has 2 aliphatic rings. The zero-order valence-electron chi connectivity index (χ0n) is 14.3. The van der Waals surface area contributed by atoms with Gasteiger partial charge in [0, 0.05) is 6.54 Å². The third-order valence-corrected chi connectivity index (χ3v) is 6.13. The van der Waals surface area contributed by atoms with Gasteiger partial charge in [-0.1, -0.05) is 30.3 Å². The monoisotopic (exact) mass is 378 g/mol. The fraction of sp³-hybridized carbons (Fsp3) is 0.500. The van der Waals surface area contributed by atoms with Gasteiger partial charge in [0.15, 0.2) is 4.87 Å². The van der Waals surface area contributed by atoms with Crippen LogP contribution in [0.2, 0.25) is 0 Å². The summed E-state index contributed by atoms with van der Waals surface area (Å²) in [6, 6.07) is 8.84. The minimum Gasteiger partial charge on any atom is -0.479 e. The van der Waals surface area contributed by atoms with Crippen LogP contribution in [0.4, 0.5) is 4.79 Å². The molecule has 2 aliphatic heterocycles. The molecule has 0 spiro atoms. The lowest BCUT2D eigenvalue weighted by atomic mass is 10.2. The first kappa shape index (κ1) is 18.7. The van der Waals surface area contributed by atoms with E-state index in [9.17, 15) is 19.5 Å². The topological polar surface area (TPSA) is 95.9 Å². The van der Waals surface area contributed by atoms with Crippen LogP contribution in [-0.4, -0.2) is 51.2 Å². The highest BCUT2D eigenvalue weighted by Gasteiger charge is 2.53. The van der Waals surface area contributed by atoms with Crippen molar-refractivity contribution in [1.82, 2.24) is 10.2 Å². The summed E-state index contributed by atoms with van der Waals surface area (Å²) in [5.74, 6) is -1.18. The molecule has 2 fully saturated rings. The number of aliphatic carboxylic acids is 1. The van der Waals surface area contributed by atoms with Crippen molar-refractivity contribution in [3.8, 4) is 0 Å². The molecule has 0 aromatic heterocycles. The van der Waals surface area contributed by atoms with Crippen molar-refractivity contribution in [2.24, 2.45) is 0 Å². The molecule has 0 saturated carbocycles. The number of carbonyl (C=O) groups excluding carboxylic acids is 2. The number of ether oxygens (including phenoxy) is 1. The number of carboxylic acids is 1. The third-order valence-electron chi connectivity index (χ3n) is 4.71. The summed E-state index contributed by atoms with van der Waals surface area (Å²) >= 11 is 0.742. The van der Waals surface area contributed by atoms with E-state index in [-0.39, 0.29) is 30.7 Å². The minimum atomic E-state index is -1.59. The van der Waals surface area contributed by atoms with Gasteiger partial charge < -0.3 is 15.2 Å². The maximum absolute atomic E-state index is 12.5. The molecule has 2 unspecified atom stereocenters. The van der Waals surface area contributed by atoms with E-state index < -0.39 is 16.9 Å². The van der Waals surface area contributed by atoms with E-state index in [0.717, 1.165) is 30.3 Å². The highest BCUT2D eigenvalue weighted by Crippen LogP contribution is 2.41. The van der Waals surface area contributed by atoms with Crippen molar-refractivity contribution >= 4 is 28.9 Å². The van der Waals surface area contributed by atoms with Crippen LogP contribution < -0.4 is 5.32 Å². The van der Waals surface area contributed by atoms with Crippen LogP contribution in [0, 0.1) is 0 Å². The van der Waals surface area contributed by atoms with Gasteiger partial charge in [-0.3, -0.25) is 9.69 Å². The van der Waals surface area contributed by atoms with Gasteiger partial charge in [-0.2, -0.15) is 0 Å². The van der Waals surface area contributed by atoms with E-state index in [1.54, 1.807) is 0 Å². The number of nitrogens with zero attached hydrogens (tertiary/aromatic N) is 1. The van der Waals surface area contributed by atoms with Crippen LogP contribution in [0.3, 0.4) is 0 Å². The Hall–Kier alpha value is -2.06. The van der Waals surface area contributed by atoms with Crippen molar-refractivity contribution in [3.63, 3.8) is 0 Å². The molecular weight excluding hydrogens is 356 g/mol. The second kappa shape index (κ2) is 8.09. The summed E-state index contributed by atoms with van der Waals surface area (Å²) in [4.78, 5) is 36.7. The normalized spacial score (nSPS) is 25.2. The van der Waals surface area contributed by atoms with E-state index in [4.69, 9.17) is 4.74 Å². The minimum absolute atomic E-state index is 0.0642. The number of amides is 1. The average molecular weight is 378 g/mol. The summed E-state index contributed by atoms with van der Waals surface area (Å²) in [6.45, 7) is 1.08. The highest BCUT2D eigenvalue weighted by molar-refractivity contribution is 8.15. The molecule has 2 atom stereocenters. The average Bonchev–Trinajstić information content (AvgIpc) is 3.31. The SMILES string of the molecule is O=C(SC1(C(=O)O)CCCN1C(=O)OCc1ccccc1)C1CCCN1. The van der Waals surface area contributed by atoms with Crippen LogP contribution in [0.5, 0.6) is 0 Å². The summed E-state index contributed by atoms with van der Waals surface area (Å²) in [6.07, 6.45) is 1.63. The van der Waals surface area contributed by atoms with E-state index in [0.29, 0.717) is 12.8 Å². The second-order valence-corrected chi connectivity index (χ2v) is 7.74. The second-order valence-electron chi connectivity index (χ2n) is 6.45. The molecule has 140 valence electrons. The van der Waals surface area contributed by atoms with Gasteiger partial charge in [-0.05, 0) is 49.6 Å². The van der Waals surface area contributed by atoms with Gasteiger partial charge in [0.25, 0.3) is 0 Å². The van der Waals surface area contributed by atoms with Crippen LogP contribution in [0.15, 0.2) is 30.3 Å². The maximum Gasteiger partial charge on any atom is 0.411 e. The molecule has 26 heavy (non-hydrogen) atoms. The largest absolute Gasteiger partial charge is 0.479 e. The van der Waals surface area contributed by atoms with Crippen LogP contribution in [-0.2, 0) is 20.9 Å². The molecule has 7 nitrogen and oxygen atoms in total. The van der Waals surface area contributed by atoms with Crippen LogP contribution in [0.25, 0.3) is 0 Å². The predicted octanol–water partition coefficient (Wildman–Crippen LogP) is 2.21. The predicted molar refractivity (Wildman–Crippen MR) is 96.6 cm³/mol. The van der Waals surface area contributed by atoms with Gasteiger partial charge in [-0.15, -0.1) is 0 Å². The van der Waals surface area contributed by atoms with Crippen LogP contribution >= 0.6 is 11.8 Å². The van der Waals surface area contributed by atoms with Gasteiger partial charge in [0.2, 0.25) is 5.12 Å². The Morgan fingerprint density at radius 3 is 2.69 bits per heavy atom. The molecule has 0 radical (unpaired) electrons. The molecule has 1 amide bonds. The van der Waals surface area contributed by atoms with Crippen molar-refractivity contribution in [3.05, 3.63) is 35.9 Å². The highest BCUT2D eigenvalue weighted by atomic mass is 32.2. The lowest BCUT2D eigenvalue weighted by Crippen LogP contribution is -2.52. The molecule has 1 aromatic carbocycles. The first-order chi connectivity index (χ1) is 12.5. The molecule has 2 saturated heterocycles. The summed E-state index contributed by atoms with van der Waals surface area (Å²) in [5, 5.41) is 12.7. The fourth-order valence-electron chi connectivity index (χ4n) is 3.32. The van der Waals surface area contributed by atoms with Crippen molar-refractivity contribution in [2.45, 2.75) is 43.2 Å². The van der Waals surface area contributed by atoms with Gasteiger partial charge in [0.1, 0.15) is 6.61 Å². The fourth-order valence-corrected chi connectivity index (χ4v) is 4.61. The number of carboxylic acid groups (broad SMARTS) is 1. The number of hydrogen-bond donors (Lipinski definition) is 2. The third kappa shape index (κ3) is 3.86. The molecule has 2 heterocycles. The number of benzene rings is 1. The standard InChI is InChI=1S/C18H22N2O5S/c21-15(14-8-4-10-19-14)26-18(16(22)23)9-5-11-20(18)17(24)25-12-13-6-2-1-3-7-13/h1-3,6-7,14,19H,4-5,8-12H2,(H,22,23). The molecule has 1 aromatic rings. The zero-order chi connectivity index (χ0) is 18.6. The maximum atomic E-state index is 12.5. The number of thioether (sulfide) groups is 1. The molecular formula is C18H22N2O5S. The summed E-state index contributed by atoms with van der Waals surface area (Å²) < 4.78 is 5.31. The molecule has 8 heteroatoms. The summed E-state index contributed by atoms with van der Waals surface area (Å²) in [5.41, 5.74) is 0.819. The Kier molecular flexibility index (Phi) is 5.83. The Balaban J connectivity index is 1.70. The van der Waals surface area contributed by atoms with E-state index in [1.807, 2.05) is 30.3 Å². The Labute approximate surface area is 156 Å². The summed E-state index contributed by atoms with van der Waals surface area (Å²) in [7, 11) is 0.